The van der Waals surface area contributed by atoms with E-state index in [-0.39, 0.29) is 10.6 Å². The van der Waals surface area contributed by atoms with E-state index in [2.05, 4.69) is 25.4 Å². The second-order valence-electron chi connectivity index (χ2n) is 8.26. The summed E-state index contributed by atoms with van der Waals surface area (Å²) in [6, 6.07) is 12.7. The van der Waals surface area contributed by atoms with Crippen LogP contribution in [0.1, 0.15) is 22.9 Å². The third kappa shape index (κ3) is 4.87. The van der Waals surface area contributed by atoms with E-state index in [0.717, 1.165) is 16.9 Å². The average molecular weight is 502 g/mol. The zero-order valence-electron chi connectivity index (χ0n) is 19.4. The maximum absolute atomic E-state index is 14.3. The highest BCUT2D eigenvalue weighted by Gasteiger charge is 2.21. The Balaban J connectivity index is 1.51. The average Bonchev–Trinajstić information content (AvgIpc) is 3.28. The Hall–Kier alpha value is -4.37. The van der Waals surface area contributed by atoms with E-state index in [0.29, 0.717) is 22.8 Å². The molecule has 1 aromatic carbocycles. The van der Waals surface area contributed by atoms with Crippen molar-refractivity contribution in [1.29, 1.82) is 0 Å². The molecule has 0 saturated heterocycles. The topological polar surface area (TPSA) is 90.5 Å². The number of aromatic nitrogens is 6. The maximum atomic E-state index is 14.3. The molecule has 1 atom stereocenters. The van der Waals surface area contributed by atoms with Crippen molar-refractivity contribution in [3.8, 4) is 11.3 Å². The smallest absolute Gasteiger partial charge is 0.252 e. The van der Waals surface area contributed by atoms with Gasteiger partial charge in [-0.2, -0.15) is 5.10 Å². The van der Waals surface area contributed by atoms with Crippen molar-refractivity contribution in [3.63, 3.8) is 0 Å². The fraction of sp³-hybridized carbons (Fsp3) is 0.115. The molecule has 0 aliphatic carbocycles. The van der Waals surface area contributed by atoms with Crippen LogP contribution in [0.4, 0.5) is 16.0 Å². The fourth-order valence-corrected chi connectivity index (χ4v) is 4.09. The number of aryl methyl sites for hydroxylation is 2. The summed E-state index contributed by atoms with van der Waals surface area (Å²) < 4.78 is 17.5. The zero-order chi connectivity index (χ0) is 25.2. The van der Waals surface area contributed by atoms with Gasteiger partial charge in [0.2, 0.25) is 5.95 Å². The standard InChI is InChI=1S/C26H21ClFN7O/c1-16-11-20(5-8-29-16)32-26-30-9-6-23(33-26)17-7-10-35(24(36)13-17)25(19-14-31-34(2)15-19)18-3-4-21(27)22(28)12-18/h3-15,25H,1-2H3,(H,29,30,32,33). The molecule has 180 valence electrons. The van der Waals surface area contributed by atoms with Crippen molar-refractivity contribution in [3.05, 3.63) is 118 Å². The second kappa shape index (κ2) is 9.71. The molecule has 5 aromatic rings. The summed E-state index contributed by atoms with van der Waals surface area (Å²) in [5, 5.41) is 7.39. The normalized spacial score (nSPS) is 11.9. The van der Waals surface area contributed by atoms with E-state index in [9.17, 15) is 9.18 Å². The van der Waals surface area contributed by atoms with Crippen LogP contribution in [0.5, 0.6) is 0 Å². The molecule has 1 unspecified atom stereocenters. The number of halogens is 2. The lowest BCUT2D eigenvalue weighted by Crippen LogP contribution is -2.25. The minimum absolute atomic E-state index is 0.0153. The Morgan fingerprint density at radius 3 is 2.58 bits per heavy atom. The molecule has 0 radical (unpaired) electrons. The molecule has 1 N–H and O–H groups in total. The number of hydrogen-bond donors (Lipinski definition) is 1. The lowest BCUT2D eigenvalue weighted by molar-refractivity contribution is 0.609. The third-order valence-corrected chi connectivity index (χ3v) is 5.94. The van der Waals surface area contributed by atoms with E-state index in [4.69, 9.17) is 11.6 Å². The van der Waals surface area contributed by atoms with Gasteiger partial charge in [0.05, 0.1) is 23.0 Å². The number of nitrogens with one attached hydrogen (secondary N) is 1. The first-order valence-corrected chi connectivity index (χ1v) is 11.4. The van der Waals surface area contributed by atoms with Gasteiger partial charge in [0, 0.05) is 60.4 Å². The third-order valence-electron chi connectivity index (χ3n) is 5.63. The van der Waals surface area contributed by atoms with Crippen molar-refractivity contribution >= 4 is 23.2 Å². The SMILES string of the molecule is Cc1cc(Nc2nccc(-c3ccn(C(c4ccc(Cl)c(F)c4)c4cnn(C)c4)c(=O)c3)n2)ccn1. The highest BCUT2D eigenvalue weighted by molar-refractivity contribution is 6.30. The minimum Gasteiger partial charge on any atom is -0.324 e. The maximum Gasteiger partial charge on any atom is 0.252 e. The number of rotatable bonds is 6. The van der Waals surface area contributed by atoms with Crippen LogP contribution in [-0.2, 0) is 7.05 Å². The summed E-state index contributed by atoms with van der Waals surface area (Å²) in [5.41, 5.74) is 3.90. The van der Waals surface area contributed by atoms with Crippen molar-refractivity contribution in [1.82, 2.24) is 29.3 Å². The van der Waals surface area contributed by atoms with E-state index in [1.165, 1.54) is 22.8 Å². The number of pyridine rings is 2. The quantitative estimate of drug-likeness (QED) is 0.355. The Morgan fingerprint density at radius 2 is 1.86 bits per heavy atom. The highest BCUT2D eigenvalue weighted by Crippen LogP contribution is 2.29. The van der Waals surface area contributed by atoms with Crippen LogP contribution in [-0.4, -0.2) is 29.3 Å². The van der Waals surface area contributed by atoms with Gasteiger partial charge < -0.3 is 9.88 Å². The summed E-state index contributed by atoms with van der Waals surface area (Å²) in [4.78, 5) is 26.3. The highest BCUT2D eigenvalue weighted by atomic mass is 35.5. The van der Waals surface area contributed by atoms with Gasteiger partial charge in [0.1, 0.15) is 5.82 Å². The summed E-state index contributed by atoms with van der Waals surface area (Å²) in [6.45, 7) is 1.90. The van der Waals surface area contributed by atoms with Gasteiger partial charge in [-0.15, -0.1) is 0 Å². The molecule has 8 nitrogen and oxygen atoms in total. The Bertz CT molecular complexity index is 1610. The van der Waals surface area contributed by atoms with Crippen LogP contribution in [0.3, 0.4) is 0 Å². The van der Waals surface area contributed by atoms with Crippen LogP contribution >= 0.6 is 11.6 Å². The summed E-state index contributed by atoms with van der Waals surface area (Å²) in [7, 11) is 1.78. The molecule has 0 bridgehead atoms. The van der Waals surface area contributed by atoms with E-state index >= 15 is 0 Å². The number of hydrogen-bond acceptors (Lipinski definition) is 6. The molecule has 0 aliphatic heterocycles. The molecular weight excluding hydrogens is 481 g/mol. The van der Waals surface area contributed by atoms with Crippen LogP contribution < -0.4 is 10.9 Å². The minimum atomic E-state index is -0.593. The van der Waals surface area contributed by atoms with Gasteiger partial charge in [0.15, 0.2) is 0 Å². The molecule has 4 aromatic heterocycles. The predicted molar refractivity (Wildman–Crippen MR) is 136 cm³/mol. The zero-order valence-corrected chi connectivity index (χ0v) is 20.2. The van der Waals surface area contributed by atoms with E-state index in [1.54, 1.807) is 60.9 Å². The molecule has 0 amide bonds. The van der Waals surface area contributed by atoms with E-state index < -0.39 is 11.9 Å². The number of nitrogens with zero attached hydrogens (tertiary/aromatic N) is 6. The van der Waals surface area contributed by atoms with Crippen LogP contribution in [0.15, 0.2) is 84.3 Å². The molecule has 36 heavy (non-hydrogen) atoms. The molecule has 4 heterocycles. The second-order valence-corrected chi connectivity index (χ2v) is 8.67. The van der Waals surface area contributed by atoms with Crippen LogP contribution in [0.2, 0.25) is 5.02 Å². The van der Waals surface area contributed by atoms with Crippen LogP contribution in [0, 0.1) is 12.7 Å². The van der Waals surface area contributed by atoms with Crippen molar-refractivity contribution < 1.29 is 4.39 Å². The van der Waals surface area contributed by atoms with Gasteiger partial charge in [-0.05, 0) is 48.9 Å². The Morgan fingerprint density at radius 1 is 1.03 bits per heavy atom. The number of anilines is 2. The summed E-state index contributed by atoms with van der Waals surface area (Å²) >= 11 is 5.89. The lowest BCUT2D eigenvalue weighted by Gasteiger charge is -2.20. The molecule has 0 fully saturated rings. The summed E-state index contributed by atoms with van der Waals surface area (Å²) in [5.74, 6) is -0.162. The molecule has 0 saturated carbocycles. The molecule has 5 rings (SSSR count). The van der Waals surface area contributed by atoms with Gasteiger partial charge in [-0.25, -0.2) is 14.4 Å². The van der Waals surface area contributed by atoms with Crippen molar-refractivity contribution in [2.45, 2.75) is 13.0 Å². The molecule has 10 heteroatoms. The lowest BCUT2D eigenvalue weighted by atomic mass is 10.0. The number of benzene rings is 1. The van der Waals surface area contributed by atoms with Crippen LogP contribution in [0.25, 0.3) is 11.3 Å². The molecular formula is C26H21ClFN7O. The van der Waals surface area contributed by atoms with Crippen molar-refractivity contribution in [2.75, 3.05) is 5.32 Å². The van der Waals surface area contributed by atoms with Gasteiger partial charge in [-0.3, -0.25) is 14.5 Å². The molecule has 0 aliphatic rings. The first-order valence-electron chi connectivity index (χ1n) is 11.1. The monoisotopic (exact) mass is 501 g/mol. The Labute approximate surface area is 211 Å². The van der Waals surface area contributed by atoms with E-state index in [1.807, 2.05) is 19.1 Å². The molecule has 0 spiro atoms. The predicted octanol–water partition coefficient (Wildman–Crippen LogP) is 4.92. The Kier molecular flexibility index (Phi) is 6.30. The van der Waals surface area contributed by atoms with Gasteiger partial charge >= 0.3 is 0 Å². The van der Waals surface area contributed by atoms with Gasteiger partial charge in [0.25, 0.3) is 5.56 Å². The van der Waals surface area contributed by atoms with Crippen molar-refractivity contribution in [2.24, 2.45) is 7.05 Å². The largest absolute Gasteiger partial charge is 0.324 e. The fourth-order valence-electron chi connectivity index (χ4n) is 3.97. The first kappa shape index (κ1) is 23.4. The first-order chi connectivity index (χ1) is 17.4. The summed E-state index contributed by atoms with van der Waals surface area (Å²) in [6.07, 6.45) is 8.44. The van der Waals surface area contributed by atoms with Gasteiger partial charge in [-0.1, -0.05) is 17.7 Å².